The number of nitrogens with zero attached hydrogens (tertiary/aromatic N) is 1. The lowest BCUT2D eigenvalue weighted by Crippen LogP contribution is -2.42. The fourth-order valence-electron chi connectivity index (χ4n) is 2.69. The van der Waals surface area contributed by atoms with E-state index in [4.69, 9.17) is 0 Å². The van der Waals surface area contributed by atoms with Gasteiger partial charge in [0, 0.05) is 18.6 Å². The Balaban J connectivity index is 1.98. The van der Waals surface area contributed by atoms with Gasteiger partial charge in [-0.2, -0.15) is 0 Å². The molecule has 2 aliphatic rings. The molecule has 3 heteroatoms. The first-order chi connectivity index (χ1) is 7.27. The summed E-state index contributed by atoms with van der Waals surface area (Å²) in [7, 11) is 0. The minimum Gasteiger partial charge on any atom is -0.340 e. The summed E-state index contributed by atoms with van der Waals surface area (Å²) in [5.74, 6) is 0.646. The largest absolute Gasteiger partial charge is 0.340 e. The summed E-state index contributed by atoms with van der Waals surface area (Å²) in [4.78, 5) is 14.4. The van der Waals surface area contributed by atoms with Crippen molar-refractivity contribution in [1.29, 1.82) is 0 Å². The number of amides is 1. The van der Waals surface area contributed by atoms with E-state index in [1.54, 1.807) is 0 Å². The van der Waals surface area contributed by atoms with Crippen molar-refractivity contribution in [2.45, 2.75) is 51.6 Å². The second kappa shape index (κ2) is 4.52. The van der Waals surface area contributed by atoms with E-state index in [0.717, 1.165) is 25.9 Å². The van der Waals surface area contributed by atoms with Crippen LogP contribution in [0.4, 0.5) is 0 Å². The molecule has 0 spiro atoms. The number of hydrogen-bond acceptors (Lipinski definition) is 2. The average Bonchev–Trinajstić information content (AvgIpc) is 2.96. The number of carbonyl (C=O) groups excluding carboxylic acids is 1. The Morgan fingerprint density at radius 2 is 2.07 bits per heavy atom. The van der Waals surface area contributed by atoms with Crippen molar-refractivity contribution in [3.8, 4) is 0 Å². The molecule has 0 radical (unpaired) electrons. The maximum absolute atomic E-state index is 12.3. The van der Waals surface area contributed by atoms with Crippen LogP contribution in [-0.2, 0) is 4.79 Å². The lowest BCUT2D eigenvalue weighted by Gasteiger charge is -2.26. The zero-order valence-electron chi connectivity index (χ0n) is 9.83. The van der Waals surface area contributed by atoms with Gasteiger partial charge in [-0.3, -0.25) is 4.79 Å². The third kappa shape index (κ3) is 2.17. The molecule has 2 fully saturated rings. The Morgan fingerprint density at radius 3 is 2.60 bits per heavy atom. The molecule has 86 valence electrons. The van der Waals surface area contributed by atoms with Crippen molar-refractivity contribution in [3.05, 3.63) is 0 Å². The molecule has 0 aromatic heterocycles. The van der Waals surface area contributed by atoms with Gasteiger partial charge in [0.15, 0.2) is 0 Å². The normalized spacial score (nSPS) is 30.5. The van der Waals surface area contributed by atoms with Crippen LogP contribution >= 0.6 is 0 Å². The van der Waals surface area contributed by atoms with E-state index < -0.39 is 0 Å². The molecule has 2 rings (SSSR count). The van der Waals surface area contributed by atoms with Crippen LogP contribution in [-0.4, -0.2) is 36.0 Å². The smallest absolute Gasteiger partial charge is 0.227 e. The number of carbonyl (C=O) groups is 1. The SMILES string of the molecule is CCC1NCCC1C(=O)N(CC)C1CC1. The lowest BCUT2D eigenvalue weighted by atomic mass is 9.97. The van der Waals surface area contributed by atoms with Crippen molar-refractivity contribution in [2.24, 2.45) is 5.92 Å². The highest BCUT2D eigenvalue weighted by atomic mass is 16.2. The lowest BCUT2D eigenvalue weighted by molar-refractivity contribution is -0.136. The molecule has 1 amide bonds. The van der Waals surface area contributed by atoms with Gasteiger partial charge in [0.2, 0.25) is 5.91 Å². The second-order valence-corrected chi connectivity index (χ2v) is 4.72. The fourth-order valence-corrected chi connectivity index (χ4v) is 2.69. The maximum Gasteiger partial charge on any atom is 0.227 e. The highest BCUT2D eigenvalue weighted by Crippen LogP contribution is 2.30. The molecule has 0 aromatic rings. The molecule has 3 nitrogen and oxygen atoms in total. The standard InChI is InChI=1S/C12H22N2O/c1-3-11-10(7-8-13-11)12(15)14(4-2)9-5-6-9/h9-11,13H,3-8H2,1-2H3. The first kappa shape index (κ1) is 10.9. The summed E-state index contributed by atoms with van der Waals surface area (Å²) >= 11 is 0. The Morgan fingerprint density at radius 1 is 1.33 bits per heavy atom. The molecule has 1 saturated carbocycles. The molecular weight excluding hydrogens is 188 g/mol. The highest BCUT2D eigenvalue weighted by Gasteiger charge is 2.39. The van der Waals surface area contributed by atoms with E-state index in [1.165, 1.54) is 12.8 Å². The molecule has 1 heterocycles. The van der Waals surface area contributed by atoms with Crippen LogP contribution < -0.4 is 5.32 Å². The van der Waals surface area contributed by atoms with Crippen LogP contribution in [0.1, 0.15) is 39.5 Å². The molecular formula is C12H22N2O. The van der Waals surface area contributed by atoms with Gasteiger partial charge in [-0.25, -0.2) is 0 Å². The zero-order valence-corrected chi connectivity index (χ0v) is 9.83. The topological polar surface area (TPSA) is 32.3 Å². The molecule has 1 saturated heterocycles. The third-order valence-corrected chi connectivity index (χ3v) is 3.72. The first-order valence-corrected chi connectivity index (χ1v) is 6.31. The Labute approximate surface area is 92.2 Å². The highest BCUT2D eigenvalue weighted by molar-refractivity contribution is 5.80. The van der Waals surface area contributed by atoms with E-state index in [2.05, 4.69) is 24.1 Å². The number of hydrogen-bond donors (Lipinski definition) is 1. The number of nitrogens with one attached hydrogen (secondary N) is 1. The summed E-state index contributed by atoms with van der Waals surface area (Å²) in [5, 5.41) is 3.43. The molecule has 1 aliphatic heterocycles. The molecule has 0 aromatic carbocycles. The van der Waals surface area contributed by atoms with E-state index in [9.17, 15) is 4.79 Å². The predicted octanol–water partition coefficient (Wildman–Crippen LogP) is 1.39. The van der Waals surface area contributed by atoms with Gasteiger partial charge in [0.1, 0.15) is 0 Å². The van der Waals surface area contributed by atoms with Gasteiger partial charge < -0.3 is 10.2 Å². The zero-order chi connectivity index (χ0) is 10.8. The van der Waals surface area contributed by atoms with Crippen LogP contribution in [0.3, 0.4) is 0 Å². The molecule has 1 N–H and O–H groups in total. The average molecular weight is 210 g/mol. The fraction of sp³-hybridized carbons (Fsp3) is 0.917. The summed E-state index contributed by atoms with van der Waals surface area (Å²) in [5.41, 5.74) is 0. The Bertz CT molecular complexity index is 238. The van der Waals surface area contributed by atoms with E-state index >= 15 is 0 Å². The molecule has 2 atom stereocenters. The van der Waals surface area contributed by atoms with Crippen LogP contribution in [0.5, 0.6) is 0 Å². The maximum atomic E-state index is 12.3. The quantitative estimate of drug-likeness (QED) is 0.760. The minimum absolute atomic E-state index is 0.246. The van der Waals surface area contributed by atoms with Gasteiger partial charge in [-0.15, -0.1) is 0 Å². The van der Waals surface area contributed by atoms with Crippen LogP contribution in [0.2, 0.25) is 0 Å². The van der Waals surface area contributed by atoms with E-state index in [-0.39, 0.29) is 5.92 Å². The second-order valence-electron chi connectivity index (χ2n) is 4.72. The molecule has 1 aliphatic carbocycles. The number of rotatable bonds is 4. The van der Waals surface area contributed by atoms with Crippen molar-refractivity contribution in [3.63, 3.8) is 0 Å². The van der Waals surface area contributed by atoms with Gasteiger partial charge in [0.25, 0.3) is 0 Å². The van der Waals surface area contributed by atoms with Gasteiger partial charge in [-0.1, -0.05) is 6.92 Å². The Hall–Kier alpha value is -0.570. The van der Waals surface area contributed by atoms with Crippen molar-refractivity contribution in [1.82, 2.24) is 10.2 Å². The van der Waals surface area contributed by atoms with Gasteiger partial charge >= 0.3 is 0 Å². The summed E-state index contributed by atoms with van der Waals surface area (Å²) in [6.45, 7) is 6.16. The van der Waals surface area contributed by atoms with Crippen molar-refractivity contribution in [2.75, 3.05) is 13.1 Å². The van der Waals surface area contributed by atoms with E-state index in [1.807, 2.05) is 0 Å². The summed E-state index contributed by atoms with van der Waals surface area (Å²) in [6, 6.07) is 0.992. The van der Waals surface area contributed by atoms with Crippen LogP contribution in [0.25, 0.3) is 0 Å². The third-order valence-electron chi connectivity index (χ3n) is 3.72. The van der Waals surface area contributed by atoms with Crippen molar-refractivity contribution < 1.29 is 4.79 Å². The molecule has 15 heavy (non-hydrogen) atoms. The summed E-state index contributed by atoms with van der Waals surface area (Å²) in [6.07, 6.45) is 4.53. The first-order valence-electron chi connectivity index (χ1n) is 6.31. The predicted molar refractivity (Wildman–Crippen MR) is 60.6 cm³/mol. The summed E-state index contributed by atoms with van der Waals surface area (Å²) < 4.78 is 0. The van der Waals surface area contributed by atoms with Crippen LogP contribution in [0, 0.1) is 5.92 Å². The molecule has 0 bridgehead atoms. The molecule has 2 unspecified atom stereocenters. The van der Waals surface area contributed by atoms with Crippen LogP contribution in [0.15, 0.2) is 0 Å². The van der Waals surface area contributed by atoms with Gasteiger partial charge in [-0.05, 0) is 39.2 Å². The Kier molecular flexibility index (Phi) is 3.29. The van der Waals surface area contributed by atoms with E-state index in [0.29, 0.717) is 18.0 Å². The monoisotopic (exact) mass is 210 g/mol. The minimum atomic E-state index is 0.246. The van der Waals surface area contributed by atoms with Crippen molar-refractivity contribution >= 4 is 5.91 Å². The van der Waals surface area contributed by atoms with Gasteiger partial charge in [0.05, 0.1) is 5.92 Å².